The van der Waals surface area contributed by atoms with Crippen LogP contribution in [0, 0.1) is 0 Å². The molecule has 174 valence electrons. The van der Waals surface area contributed by atoms with Crippen LogP contribution in [0.25, 0.3) is 5.82 Å². The summed E-state index contributed by atoms with van der Waals surface area (Å²) < 4.78 is 41.1. The van der Waals surface area contributed by atoms with Crippen molar-refractivity contribution in [3.63, 3.8) is 0 Å². The van der Waals surface area contributed by atoms with Gasteiger partial charge < -0.3 is 14.8 Å². The molecule has 0 radical (unpaired) electrons. The minimum atomic E-state index is -3.98. The summed E-state index contributed by atoms with van der Waals surface area (Å²) in [6, 6.07) is 8.58. The van der Waals surface area contributed by atoms with Gasteiger partial charge in [-0.15, -0.1) is 0 Å². The molecule has 0 fully saturated rings. The molecule has 12 heteroatoms. The van der Waals surface area contributed by atoms with Gasteiger partial charge in [-0.05, 0) is 48.8 Å². The maximum Gasteiger partial charge on any atom is 0.242 e. The molecule has 2 N–H and O–H groups in total. The number of anilines is 1. The van der Waals surface area contributed by atoms with E-state index >= 15 is 0 Å². The van der Waals surface area contributed by atoms with Crippen LogP contribution in [-0.2, 0) is 14.8 Å². The predicted octanol–water partition coefficient (Wildman–Crippen LogP) is 2.08. The molecular weight excluding hydrogens is 466 g/mol. The van der Waals surface area contributed by atoms with Crippen LogP contribution in [0.2, 0.25) is 0 Å². The molecule has 0 spiro atoms. The molecule has 0 bridgehead atoms. The molecule has 0 saturated heterocycles. The Morgan fingerprint density at radius 2 is 2.03 bits per heavy atom. The van der Waals surface area contributed by atoms with E-state index in [0.29, 0.717) is 48.4 Å². The van der Waals surface area contributed by atoms with Gasteiger partial charge in [0.1, 0.15) is 19.3 Å². The molecule has 0 saturated carbocycles. The van der Waals surface area contributed by atoms with Crippen LogP contribution in [0.4, 0.5) is 5.69 Å². The Kier molecular flexibility index (Phi) is 7.16. The van der Waals surface area contributed by atoms with Crippen LogP contribution in [0.1, 0.15) is 6.42 Å². The monoisotopic (exact) mass is 489 g/mol. The van der Waals surface area contributed by atoms with E-state index in [-0.39, 0.29) is 4.90 Å². The third-order valence-corrected chi connectivity index (χ3v) is 6.92. The Bertz CT molecular complexity index is 1200. The lowest BCUT2D eigenvalue weighted by Gasteiger charge is -2.21. The van der Waals surface area contributed by atoms with E-state index in [1.807, 2.05) is 6.26 Å². The van der Waals surface area contributed by atoms with E-state index in [2.05, 4.69) is 20.1 Å². The zero-order valence-electron chi connectivity index (χ0n) is 17.8. The van der Waals surface area contributed by atoms with Gasteiger partial charge in [0, 0.05) is 18.5 Å². The Morgan fingerprint density at radius 1 is 1.21 bits per heavy atom. The van der Waals surface area contributed by atoms with Crippen molar-refractivity contribution in [3.8, 4) is 17.3 Å². The van der Waals surface area contributed by atoms with Gasteiger partial charge in [-0.25, -0.2) is 18.1 Å². The number of hydrogen-bond acceptors (Lipinski definition) is 8. The Morgan fingerprint density at radius 3 is 2.73 bits per heavy atom. The average molecular weight is 490 g/mol. The molecule has 0 aliphatic carbocycles. The third-order valence-electron chi connectivity index (χ3n) is 4.80. The van der Waals surface area contributed by atoms with Crippen molar-refractivity contribution >= 4 is 33.4 Å². The van der Waals surface area contributed by atoms with Gasteiger partial charge >= 0.3 is 0 Å². The summed E-state index contributed by atoms with van der Waals surface area (Å²) in [5.74, 6) is 1.56. The lowest BCUT2D eigenvalue weighted by molar-refractivity contribution is -0.117. The van der Waals surface area contributed by atoms with Gasteiger partial charge in [0.05, 0.1) is 16.8 Å². The Hall–Kier alpha value is -3.09. The molecule has 1 aliphatic rings. The minimum absolute atomic E-state index is 0.000978. The van der Waals surface area contributed by atoms with Gasteiger partial charge in [-0.1, -0.05) is 0 Å². The maximum atomic E-state index is 13.0. The van der Waals surface area contributed by atoms with E-state index in [1.165, 1.54) is 30.1 Å². The average Bonchev–Trinajstić information content (AvgIpc) is 3.37. The van der Waals surface area contributed by atoms with E-state index in [0.717, 1.165) is 0 Å². The van der Waals surface area contributed by atoms with Gasteiger partial charge in [-0.3, -0.25) is 4.79 Å². The number of fused-ring (bicyclic) bond motifs is 1. The fourth-order valence-electron chi connectivity index (χ4n) is 3.15. The molecule has 3 heterocycles. The summed E-state index contributed by atoms with van der Waals surface area (Å²) in [6.07, 6.45) is 7.10. The first-order valence-corrected chi connectivity index (χ1v) is 13.0. The first kappa shape index (κ1) is 23.1. The fourth-order valence-corrected chi connectivity index (χ4v) is 4.87. The highest BCUT2D eigenvalue weighted by Gasteiger charge is 2.27. The maximum absolute atomic E-state index is 13.0. The summed E-state index contributed by atoms with van der Waals surface area (Å²) in [6.45, 7) is 0.752. The van der Waals surface area contributed by atoms with Gasteiger partial charge in [0.2, 0.25) is 15.9 Å². The molecular formula is C21H23N5O5S2. The second kappa shape index (κ2) is 10.2. The second-order valence-corrected chi connectivity index (χ2v) is 9.81. The van der Waals surface area contributed by atoms with Crippen LogP contribution in [0.15, 0.2) is 59.9 Å². The summed E-state index contributed by atoms with van der Waals surface area (Å²) in [5, 5.41) is 6.84. The van der Waals surface area contributed by atoms with Gasteiger partial charge in [-0.2, -0.15) is 21.6 Å². The standard InChI is InChI=1S/C21H23N5O5S2/c1-32-12-7-17(21(27)24-15-3-6-20(22-14-15)26-9-2-8-23-26)25-33(28,29)16-4-5-18-19(13-16)31-11-10-30-18/h2-6,8-9,13-14,17,25H,7,10-12H2,1H3,(H,24,27). The second-order valence-electron chi connectivity index (χ2n) is 7.11. The van der Waals surface area contributed by atoms with Crippen LogP contribution >= 0.6 is 11.8 Å². The van der Waals surface area contributed by atoms with Crippen molar-refractivity contribution in [2.75, 3.05) is 30.5 Å². The lowest BCUT2D eigenvalue weighted by atomic mass is 10.2. The van der Waals surface area contributed by atoms with E-state index in [4.69, 9.17) is 9.47 Å². The molecule has 10 nitrogen and oxygen atoms in total. The summed E-state index contributed by atoms with van der Waals surface area (Å²) in [7, 11) is -3.98. The number of aromatic nitrogens is 3. The van der Waals surface area contributed by atoms with Crippen molar-refractivity contribution in [2.45, 2.75) is 17.4 Å². The number of rotatable bonds is 9. The molecule has 4 rings (SSSR count). The predicted molar refractivity (Wildman–Crippen MR) is 125 cm³/mol. The number of nitrogens with zero attached hydrogens (tertiary/aromatic N) is 3. The number of carbonyl (C=O) groups excluding carboxylic acids is 1. The topological polar surface area (TPSA) is 124 Å². The minimum Gasteiger partial charge on any atom is -0.486 e. The SMILES string of the molecule is CSCCC(NS(=O)(=O)c1ccc2c(c1)OCCO2)C(=O)Nc1ccc(-n2cccn2)nc1. The first-order valence-electron chi connectivity index (χ1n) is 10.1. The quantitative estimate of drug-likeness (QED) is 0.468. The van der Waals surface area contributed by atoms with Crippen molar-refractivity contribution in [1.82, 2.24) is 19.5 Å². The third kappa shape index (κ3) is 5.64. The molecule has 2 aromatic heterocycles. The largest absolute Gasteiger partial charge is 0.486 e. The van der Waals surface area contributed by atoms with Crippen LogP contribution < -0.4 is 19.5 Å². The number of thioether (sulfide) groups is 1. The van der Waals surface area contributed by atoms with Crippen molar-refractivity contribution < 1.29 is 22.7 Å². The van der Waals surface area contributed by atoms with E-state index in [1.54, 1.807) is 41.3 Å². The van der Waals surface area contributed by atoms with Crippen molar-refractivity contribution in [1.29, 1.82) is 0 Å². The summed E-state index contributed by atoms with van der Waals surface area (Å²) >= 11 is 1.52. The number of sulfonamides is 1. The molecule has 1 atom stereocenters. The van der Waals surface area contributed by atoms with Crippen LogP contribution in [0.5, 0.6) is 11.5 Å². The number of hydrogen-bond donors (Lipinski definition) is 2. The number of carbonyl (C=O) groups is 1. The highest BCUT2D eigenvalue weighted by molar-refractivity contribution is 7.98. The number of benzene rings is 1. The van der Waals surface area contributed by atoms with Gasteiger partial charge in [0.15, 0.2) is 17.3 Å². The van der Waals surface area contributed by atoms with Crippen LogP contribution in [-0.4, -0.2) is 60.4 Å². The Labute approximate surface area is 195 Å². The van der Waals surface area contributed by atoms with Crippen LogP contribution in [0.3, 0.4) is 0 Å². The van der Waals surface area contributed by atoms with Crippen molar-refractivity contribution in [3.05, 3.63) is 55.0 Å². The van der Waals surface area contributed by atoms with E-state index in [9.17, 15) is 13.2 Å². The molecule has 3 aromatic rings. The molecule has 1 aliphatic heterocycles. The zero-order chi connectivity index (χ0) is 23.3. The molecule has 33 heavy (non-hydrogen) atoms. The summed E-state index contributed by atoms with van der Waals surface area (Å²) in [5.41, 5.74) is 0.448. The van der Waals surface area contributed by atoms with E-state index < -0.39 is 22.0 Å². The first-order chi connectivity index (χ1) is 16.0. The Balaban J connectivity index is 1.48. The summed E-state index contributed by atoms with van der Waals surface area (Å²) in [4.78, 5) is 17.2. The number of ether oxygens (including phenoxy) is 2. The lowest BCUT2D eigenvalue weighted by Crippen LogP contribution is -2.44. The van der Waals surface area contributed by atoms with Crippen molar-refractivity contribution in [2.24, 2.45) is 0 Å². The number of amides is 1. The number of pyridine rings is 1. The smallest absolute Gasteiger partial charge is 0.242 e. The molecule has 1 unspecified atom stereocenters. The molecule has 1 aromatic carbocycles. The highest BCUT2D eigenvalue weighted by atomic mass is 32.2. The fraction of sp³-hybridized carbons (Fsp3) is 0.286. The van der Waals surface area contributed by atoms with Gasteiger partial charge in [0.25, 0.3) is 0 Å². The number of nitrogens with one attached hydrogen (secondary N) is 2. The normalized spacial score (nSPS) is 14.0. The molecule has 1 amide bonds. The highest BCUT2D eigenvalue weighted by Crippen LogP contribution is 2.32. The zero-order valence-corrected chi connectivity index (χ0v) is 19.4.